The molecule has 0 bridgehead atoms. The Bertz CT molecular complexity index is 939. The Balaban J connectivity index is 1.80. The van der Waals surface area contributed by atoms with Gasteiger partial charge in [-0.15, -0.1) is 0 Å². The zero-order valence-corrected chi connectivity index (χ0v) is 13.9. The number of aromatic carboxylic acids is 1. The summed E-state index contributed by atoms with van der Waals surface area (Å²) in [5.41, 5.74) is -0.211. The Morgan fingerprint density at radius 1 is 1.00 bits per heavy atom. The number of carboxylic acid groups (broad SMARTS) is 1. The molecule has 0 aliphatic heterocycles. The van der Waals surface area contributed by atoms with E-state index >= 15 is 0 Å². The Morgan fingerprint density at radius 2 is 1.70 bits per heavy atom. The lowest BCUT2D eigenvalue weighted by molar-refractivity contribution is -0.138. The highest BCUT2D eigenvalue weighted by molar-refractivity contribution is 5.91. The zero-order chi connectivity index (χ0) is 19.4. The van der Waals surface area contributed by atoms with Crippen LogP contribution in [-0.4, -0.2) is 16.1 Å². The van der Waals surface area contributed by atoms with Crippen LogP contribution in [-0.2, 0) is 12.8 Å². The van der Waals surface area contributed by atoms with Crippen molar-refractivity contribution < 1.29 is 27.8 Å². The van der Waals surface area contributed by atoms with E-state index in [-0.39, 0.29) is 0 Å². The van der Waals surface area contributed by atoms with Gasteiger partial charge in [0.15, 0.2) is 0 Å². The third-order valence-electron chi connectivity index (χ3n) is 3.85. The Hall–Kier alpha value is -3.35. The first-order valence-corrected chi connectivity index (χ1v) is 7.92. The SMILES string of the molecule is O=C(O)c1cc(-c2ccc(OCc3ccccc3)nc2)ccc1C(F)(F)F. The minimum Gasteiger partial charge on any atom is -0.478 e. The van der Waals surface area contributed by atoms with E-state index in [4.69, 9.17) is 9.84 Å². The van der Waals surface area contributed by atoms with E-state index < -0.39 is 23.3 Å². The molecule has 0 aliphatic rings. The molecule has 0 radical (unpaired) electrons. The van der Waals surface area contributed by atoms with E-state index in [0.29, 0.717) is 23.6 Å². The van der Waals surface area contributed by atoms with Crippen LogP contribution < -0.4 is 4.74 Å². The van der Waals surface area contributed by atoms with E-state index in [0.717, 1.165) is 17.7 Å². The molecule has 0 amide bonds. The van der Waals surface area contributed by atoms with Crippen LogP contribution in [0.15, 0.2) is 66.9 Å². The fraction of sp³-hybridized carbons (Fsp3) is 0.100. The number of hydrogen-bond donors (Lipinski definition) is 1. The average Bonchev–Trinajstić information content (AvgIpc) is 2.66. The van der Waals surface area contributed by atoms with Gasteiger partial charge in [-0.3, -0.25) is 0 Å². The quantitative estimate of drug-likeness (QED) is 0.680. The molecule has 0 unspecified atom stereocenters. The zero-order valence-electron chi connectivity index (χ0n) is 13.9. The lowest BCUT2D eigenvalue weighted by Gasteiger charge is -2.12. The van der Waals surface area contributed by atoms with Crippen LogP contribution in [0.25, 0.3) is 11.1 Å². The highest BCUT2D eigenvalue weighted by Crippen LogP contribution is 2.34. The molecule has 3 rings (SSSR count). The third-order valence-corrected chi connectivity index (χ3v) is 3.85. The number of rotatable bonds is 5. The maximum atomic E-state index is 12.9. The second-order valence-corrected chi connectivity index (χ2v) is 5.72. The second-order valence-electron chi connectivity index (χ2n) is 5.72. The summed E-state index contributed by atoms with van der Waals surface area (Å²) in [5, 5.41) is 9.09. The lowest BCUT2D eigenvalue weighted by atomic mass is 10.00. The predicted molar refractivity (Wildman–Crippen MR) is 92.4 cm³/mol. The number of halogens is 3. The normalized spacial score (nSPS) is 11.2. The molecule has 0 aliphatic carbocycles. The number of pyridine rings is 1. The first-order valence-electron chi connectivity index (χ1n) is 7.92. The van der Waals surface area contributed by atoms with E-state index in [1.54, 1.807) is 12.1 Å². The number of alkyl halides is 3. The first-order chi connectivity index (χ1) is 12.8. The summed E-state index contributed by atoms with van der Waals surface area (Å²) in [6, 6.07) is 15.7. The number of carbonyl (C=O) groups is 1. The molecule has 2 aromatic carbocycles. The van der Waals surface area contributed by atoms with Gasteiger partial charge < -0.3 is 9.84 Å². The molecular formula is C20H14F3NO3. The maximum Gasteiger partial charge on any atom is 0.417 e. The Morgan fingerprint density at radius 3 is 2.30 bits per heavy atom. The molecule has 1 heterocycles. The fourth-order valence-corrected chi connectivity index (χ4v) is 2.52. The summed E-state index contributed by atoms with van der Waals surface area (Å²) in [7, 11) is 0. The summed E-state index contributed by atoms with van der Waals surface area (Å²) in [5.74, 6) is -1.28. The van der Waals surface area contributed by atoms with Gasteiger partial charge in [-0.2, -0.15) is 13.2 Å². The van der Waals surface area contributed by atoms with Crippen LogP contribution in [0.2, 0.25) is 0 Å². The molecule has 138 valence electrons. The molecule has 4 nitrogen and oxygen atoms in total. The van der Waals surface area contributed by atoms with Crippen LogP contribution in [0.1, 0.15) is 21.5 Å². The Kier molecular flexibility index (Phi) is 5.12. The van der Waals surface area contributed by atoms with E-state index in [9.17, 15) is 18.0 Å². The molecule has 0 fully saturated rings. The van der Waals surface area contributed by atoms with E-state index in [1.165, 1.54) is 12.3 Å². The van der Waals surface area contributed by atoms with E-state index in [2.05, 4.69) is 4.98 Å². The summed E-state index contributed by atoms with van der Waals surface area (Å²) in [4.78, 5) is 15.3. The molecular weight excluding hydrogens is 359 g/mol. The summed E-state index contributed by atoms with van der Waals surface area (Å²) in [6.45, 7) is 0.330. The Labute approximate surface area is 152 Å². The molecule has 0 spiro atoms. The largest absolute Gasteiger partial charge is 0.478 e. The number of hydrogen-bond acceptors (Lipinski definition) is 3. The monoisotopic (exact) mass is 373 g/mol. The van der Waals surface area contributed by atoms with Crippen LogP contribution in [0, 0.1) is 0 Å². The molecule has 1 N–H and O–H groups in total. The molecule has 0 atom stereocenters. The van der Waals surface area contributed by atoms with Crippen molar-refractivity contribution in [2.75, 3.05) is 0 Å². The summed E-state index contributed by atoms with van der Waals surface area (Å²) >= 11 is 0. The van der Waals surface area contributed by atoms with Crippen LogP contribution in [0.5, 0.6) is 5.88 Å². The van der Waals surface area contributed by atoms with Gasteiger partial charge in [0.25, 0.3) is 0 Å². The molecule has 7 heteroatoms. The first kappa shape index (κ1) is 18.4. The van der Waals surface area contributed by atoms with Crippen molar-refractivity contribution in [1.82, 2.24) is 4.98 Å². The number of nitrogens with zero attached hydrogens (tertiary/aromatic N) is 1. The smallest absolute Gasteiger partial charge is 0.417 e. The minimum atomic E-state index is -4.74. The van der Waals surface area contributed by atoms with Gasteiger partial charge in [-0.1, -0.05) is 36.4 Å². The summed E-state index contributed by atoms with van der Waals surface area (Å²) < 4.78 is 44.3. The van der Waals surface area contributed by atoms with Gasteiger partial charge in [0.05, 0.1) is 11.1 Å². The molecule has 27 heavy (non-hydrogen) atoms. The maximum absolute atomic E-state index is 12.9. The van der Waals surface area contributed by atoms with Crippen molar-refractivity contribution in [2.24, 2.45) is 0 Å². The van der Waals surface area contributed by atoms with Crippen LogP contribution in [0.4, 0.5) is 13.2 Å². The van der Waals surface area contributed by atoms with Crippen molar-refractivity contribution in [3.8, 4) is 17.0 Å². The molecule has 0 saturated carbocycles. The van der Waals surface area contributed by atoms with Gasteiger partial charge in [-0.05, 0) is 29.3 Å². The minimum absolute atomic E-state index is 0.322. The lowest BCUT2D eigenvalue weighted by Crippen LogP contribution is -2.12. The number of aromatic nitrogens is 1. The molecule has 3 aromatic rings. The van der Waals surface area contributed by atoms with Gasteiger partial charge in [0.1, 0.15) is 6.61 Å². The van der Waals surface area contributed by atoms with Crippen molar-refractivity contribution in [1.29, 1.82) is 0 Å². The number of benzene rings is 2. The number of ether oxygens (including phenoxy) is 1. The van der Waals surface area contributed by atoms with Gasteiger partial charge >= 0.3 is 12.1 Å². The van der Waals surface area contributed by atoms with Gasteiger partial charge in [0, 0.05) is 17.8 Å². The second kappa shape index (κ2) is 7.49. The standard InChI is InChI=1S/C20H14F3NO3/c21-20(22,23)17-8-6-14(10-16(17)19(25)26)15-7-9-18(24-11-15)27-12-13-4-2-1-3-5-13/h1-11H,12H2,(H,25,26). The van der Waals surface area contributed by atoms with Crippen molar-refractivity contribution in [3.05, 3.63) is 83.6 Å². The van der Waals surface area contributed by atoms with Crippen LogP contribution in [0.3, 0.4) is 0 Å². The highest BCUT2D eigenvalue weighted by atomic mass is 19.4. The fourth-order valence-electron chi connectivity index (χ4n) is 2.52. The highest BCUT2D eigenvalue weighted by Gasteiger charge is 2.35. The van der Waals surface area contributed by atoms with Gasteiger partial charge in [-0.25, -0.2) is 9.78 Å². The van der Waals surface area contributed by atoms with E-state index in [1.807, 2.05) is 30.3 Å². The predicted octanol–water partition coefficient (Wildman–Crippen LogP) is 5.04. The number of carboxylic acids is 1. The van der Waals surface area contributed by atoms with Crippen molar-refractivity contribution in [3.63, 3.8) is 0 Å². The van der Waals surface area contributed by atoms with Gasteiger partial charge in [0.2, 0.25) is 5.88 Å². The topological polar surface area (TPSA) is 59.4 Å². The molecule has 1 aromatic heterocycles. The third kappa shape index (κ3) is 4.44. The molecule has 0 saturated heterocycles. The van der Waals surface area contributed by atoms with Crippen molar-refractivity contribution >= 4 is 5.97 Å². The van der Waals surface area contributed by atoms with Crippen LogP contribution >= 0.6 is 0 Å². The average molecular weight is 373 g/mol. The van der Waals surface area contributed by atoms with Crippen molar-refractivity contribution in [2.45, 2.75) is 12.8 Å². The summed E-state index contributed by atoms with van der Waals surface area (Å²) in [6.07, 6.45) is -3.31.